The van der Waals surface area contributed by atoms with Crippen LogP contribution < -0.4 is 10.9 Å². The summed E-state index contributed by atoms with van der Waals surface area (Å²) in [6.07, 6.45) is 1.23. The number of nitro groups is 3. The number of amides is 1. The molecule has 0 radical (unpaired) electrons. The van der Waals surface area contributed by atoms with Crippen LogP contribution in [0.1, 0.15) is 17.3 Å². The zero-order chi connectivity index (χ0) is 22.3. The Morgan fingerprint density at radius 2 is 1.43 bits per heavy atom. The largest absolute Gasteiger partial charge is 0.278 e. The second-order valence-electron chi connectivity index (χ2n) is 5.62. The number of nitrogens with one attached hydrogen (secondary N) is 2. The first kappa shape index (κ1) is 21.5. The molecule has 30 heavy (non-hydrogen) atoms. The first-order valence-corrected chi connectivity index (χ1v) is 7.99. The predicted octanol–water partition coefficient (Wildman–Crippen LogP) is 2.61. The topological polar surface area (TPSA) is 195 Å². The normalized spacial score (nSPS) is 11.2. The molecule has 2 aromatic carbocycles. The molecule has 2 N–H and O–H groups in total. The molecule has 0 fully saturated rings. The molecule has 2 rings (SSSR count). The molecule has 0 bridgehead atoms. The van der Waals surface area contributed by atoms with Crippen LogP contribution in [0.3, 0.4) is 0 Å². The van der Waals surface area contributed by atoms with Crippen molar-refractivity contribution < 1.29 is 19.6 Å². The van der Waals surface area contributed by atoms with Gasteiger partial charge in [0.2, 0.25) is 0 Å². The fourth-order valence-corrected chi connectivity index (χ4v) is 2.03. The summed E-state index contributed by atoms with van der Waals surface area (Å²) in [5.74, 6) is -0.891. The van der Waals surface area contributed by atoms with E-state index < -0.39 is 32.1 Å². The van der Waals surface area contributed by atoms with E-state index in [-0.39, 0.29) is 17.0 Å². The van der Waals surface area contributed by atoms with E-state index in [1.807, 2.05) is 0 Å². The molecule has 0 aromatic heterocycles. The van der Waals surface area contributed by atoms with Crippen LogP contribution in [0.5, 0.6) is 0 Å². The van der Waals surface area contributed by atoms with Gasteiger partial charge in [-0.3, -0.25) is 40.6 Å². The summed E-state index contributed by atoms with van der Waals surface area (Å²) in [5.41, 5.74) is 3.80. The van der Waals surface area contributed by atoms with Gasteiger partial charge >= 0.3 is 0 Å². The third-order valence-electron chi connectivity index (χ3n) is 3.44. The molecule has 0 aliphatic heterocycles. The first-order chi connectivity index (χ1) is 14.2. The first-order valence-electron chi connectivity index (χ1n) is 7.99. The molecule has 0 aliphatic carbocycles. The number of hydrazone groups is 2. The molecule has 0 saturated heterocycles. The SMILES string of the molecule is CC(/C=N/Nc1ccc([N+](=O)[O-])cc1)=N\NC(=O)c1cc([N+](=O)[O-])cc([N+](=O)[O-])c1. The smallest absolute Gasteiger partial charge is 0.277 e. The Morgan fingerprint density at radius 1 is 0.900 bits per heavy atom. The fourth-order valence-electron chi connectivity index (χ4n) is 2.03. The summed E-state index contributed by atoms with van der Waals surface area (Å²) in [7, 11) is 0. The lowest BCUT2D eigenvalue weighted by Crippen LogP contribution is -2.19. The highest BCUT2D eigenvalue weighted by atomic mass is 16.6. The summed E-state index contributed by atoms with van der Waals surface area (Å²) in [6, 6.07) is 7.98. The second-order valence-corrected chi connectivity index (χ2v) is 5.62. The van der Waals surface area contributed by atoms with Gasteiger partial charge in [-0.2, -0.15) is 10.2 Å². The summed E-state index contributed by atoms with van der Waals surface area (Å²) in [5, 5.41) is 39.9. The van der Waals surface area contributed by atoms with Crippen molar-refractivity contribution >= 4 is 40.6 Å². The standard InChI is InChI=1S/C16H13N7O7/c1-10(9-17-19-12-2-4-13(5-3-12)21(25)26)18-20-16(24)11-6-14(22(27)28)8-15(7-11)23(29)30/h2-9,19H,1H3,(H,20,24)/b17-9+,18-10+. The van der Waals surface area contributed by atoms with Gasteiger partial charge in [-0.05, 0) is 19.1 Å². The molecular formula is C16H13N7O7. The molecule has 2 aromatic rings. The van der Waals surface area contributed by atoms with Crippen LogP contribution in [0.4, 0.5) is 22.7 Å². The van der Waals surface area contributed by atoms with Gasteiger partial charge in [0.05, 0.1) is 44.0 Å². The van der Waals surface area contributed by atoms with Gasteiger partial charge in [0.1, 0.15) is 0 Å². The maximum absolute atomic E-state index is 12.1. The van der Waals surface area contributed by atoms with E-state index in [0.717, 1.165) is 18.2 Å². The molecule has 0 spiro atoms. The molecule has 1 amide bonds. The summed E-state index contributed by atoms with van der Waals surface area (Å²) in [6.45, 7) is 1.48. The molecule has 0 atom stereocenters. The van der Waals surface area contributed by atoms with Gasteiger partial charge in [0, 0.05) is 24.3 Å². The summed E-state index contributed by atoms with van der Waals surface area (Å²) in [4.78, 5) is 42.2. The van der Waals surface area contributed by atoms with Crippen LogP contribution in [-0.4, -0.2) is 32.6 Å². The van der Waals surface area contributed by atoms with Gasteiger partial charge in [-0.15, -0.1) is 0 Å². The second kappa shape index (κ2) is 9.45. The van der Waals surface area contributed by atoms with Crippen molar-refractivity contribution in [3.05, 3.63) is 78.4 Å². The Labute approximate surface area is 167 Å². The molecule has 0 aliphatic rings. The van der Waals surface area contributed by atoms with Gasteiger partial charge < -0.3 is 0 Å². The highest BCUT2D eigenvalue weighted by molar-refractivity contribution is 6.29. The zero-order valence-electron chi connectivity index (χ0n) is 15.2. The van der Waals surface area contributed by atoms with Crippen molar-refractivity contribution in [2.45, 2.75) is 6.92 Å². The van der Waals surface area contributed by atoms with Crippen LogP contribution in [0.25, 0.3) is 0 Å². The molecule has 14 nitrogen and oxygen atoms in total. The quantitative estimate of drug-likeness (QED) is 0.372. The number of hydrogen-bond donors (Lipinski definition) is 2. The number of hydrogen-bond acceptors (Lipinski definition) is 10. The van der Waals surface area contributed by atoms with E-state index in [4.69, 9.17) is 0 Å². The molecule has 14 heteroatoms. The summed E-state index contributed by atoms with van der Waals surface area (Å²) >= 11 is 0. The minimum absolute atomic E-state index is 0.0774. The van der Waals surface area contributed by atoms with E-state index >= 15 is 0 Å². The molecule has 154 valence electrons. The Kier molecular flexibility index (Phi) is 6.79. The number of non-ortho nitro benzene ring substituents is 3. The monoisotopic (exact) mass is 415 g/mol. The van der Waals surface area contributed by atoms with Gasteiger partial charge in [0.25, 0.3) is 23.0 Å². The average molecular weight is 415 g/mol. The van der Waals surface area contributed by atoms with Crippen molar-refractivity contribution in [3.8, 4) is 0 Å². The van der Waals surface area contributed by atoms with E-state index in [2.05, 4.69) is 21.1 Å². The van der Waals surface area contributed by atoms with Crippen molar-refractivity contribution in [2.75, 3.05) is 5.43 Å². The fraction of sp³-hybridized carbons (Fsp3) is 0.0625. The Hall–Kier alpha value is -4.75. The molecule has 0 heterocycles. The maximum atomic E-state index is 12.1. The van der Waals surface area contributed by atoms with E-state index in [1.54, 1.807) is 0 Å². The Bertz CT molecular complexity index is 1030. The predicted molar refractivity (Wildman–Crippen MR) is 106 cm³/mol. The van der Waals surface area contributed by atoms with Crippen molar-refractivity contribution in [3.63, 3.8) is 0 Å². The van der Waals surface area contributed by atoms with E-state index in [1.165, 1.54) is 37.4 Å². The highest BCUT2D eigenvalue weighted by Crippen LogP contribution is 2.22. The number of carbonyl (C=O) groups is 1. The highest BCUT2D eigenvalue weighted by Gasteiger charge is 2.19. The Balaban J connectivity index is 2.03. The number of anilines is 1. The number of nitro benzene ring substituents is 3. The third-order valence-corrected chi connectivity index (χ3v) is 3.44. The van der Waals surface area contributed by atoms with Gasteiger partial charge in [0.15, 0.2) is 0 Å². The average Bonchev–Trinajstić information content (AvgIpc) is 2.71. The molecular weight excluding hydrogens is 402 g/mol. The lowest BCUT2D eigenvalue weighted by atomic mass is 10.1. The van der Waals surface area contributed by atoms with E-state index in [9.17, 15) is 35.1 Å². The Morgan fingerprint density at radius 3 is 1.93 bits per heavy atom. The molecule has 0 saturated carbocycles. The van der Waals surface area contributed by atoms with Crippen LogP contribution in [0.2, 0.25) is 0 Å². The minimum Gasteiger partial charge on any atom is -0.278 e. The third kappa shape index (κ3) is 5.88. The van der Waals surface area contributed by atoms with Crippen molar-refractivity contribution in [1.29, 1.82) is 0 Å². The van der Waals surface area contributed by atoms with E-state index in [0.29, 0.717) is 5.69 Å². The zero-order valence-corrected chi connectivity index (χ0v) is 15.2. The number of carbonyl (C=O) groups excluding carboxylic acids is 1. The number of benzene rings is 2. The van der Waals surface area contributed by atoms with Crippen molar-refractivity contribution in [1.82, 2.24) is 5.43 Å². The minimum atomic E-state index is -0.891. The van der Waals surface area contributed by atoms with Crippen LogP contribution in [-0.2, 0) is 0 Å². The van der Waals surface area contributed by atoms with Gasteiger partial charge in [-0.1, -0.05) is 0 Å². The lowest BCUT2D eigenvalue weighted by Gasteiger charge is -2.02. The van der Waals surface area contributed by atoms with Crippen LogP contribution in [0.15, 0.2) is 52.7 Å². The molecule has 0 unspecified atom stereocenters. The van der Waals surface area contributed by atoms with Gasteiger partial charge in [-0.25, -0.2) is 5.43 Å². The van der Waals surface area contributed by atoms with Crippen LogP contribution >= 0.6 is 0 Å². The number of nitrogens with zero attached hydrogens (tertiary/aromatic N) is 5. The summed E-state index contributed by atoms with van der Waals surface area (Å²) < 4.78 is 0. The van der Waals surface area contributed by atoms with Crippen LogP contribution in [0, 0.1) is 30.3 Å². The lowest BCUT2D eigenvalue weighted by molar-refractivity contribution is -0.394. The van der Waals surface area contributed by atoms with Crippen molar-refractivity contribution in [2.24, 2.45) is 10.2 Å². The number of rotatable bonds is 8. The maximum Gasteiger partial charge on any atom is 0.277 e.